The standard InChI is InChI=1S/C9H16O4.C6H10O3/c1-7(2)12-13-9(11)6-4-5-8(3)10;1-5(7)3-2-4-6(8)9/h7H,4-6H2,1-3H3;2-4H2,1H3,(H,8,9). The second-order valence-electron chi connectivity index (χ2n) is 5.11. The summed E-state index contributed by atoms with van der Waals surface area (Å²) in [6.07, 6.45) is 1.98. The summed E-state index contributed by atoms with van der Waals surface area (Å²) in [5.74, 6) is -1.12. The van der Waals surface area contributed by atoms with E-state index in [0.717, 1.165) is 0 Å². The number of rotatable bonds is 10. The molecule has 0 aromatic carbocycles. The quantitative estimate of drug-likeness (QED) is 0.487. The lowest BCUT2D eigenvalue weighted by Gasteiger charge is -2.05. The first kappa shape index (κ1) is 22.5. The molecule has 0 bridgehead atoms. The predicted octanol–water partition coefficient (Wildman–Crippen LogP) is 2.46. The zero-order chi connectivity index (χ0) is 17.5. The van der Waals surface area contributed by atoms with Gasteiger partial charge in [-0.25, -0.2) is 4.79 Å². The molecule has 1 N–H and O–H groups in total. The van der Waals surface area contributed by atoms with Crippen molar-refractivity contribution in [3.8, 4) is 0 Å². The van der Waals surface area contributed by atoms with Gasteiger partial charge in [-0.3, -0.25) is 9.68 Å². The number of aliphatic carboxylic acids is 1. The summed E-state index contributed by atoms with van der Waals surface area (Å²) < 4.78 is 0. The normalized spacial score (nSPS) is 9.68. The Balaban J connectivity index is 0. The van der Waals surface area contributed by atoms with Gasteiger partial charge in [0.1, 0.15) is 11.6 Å². The van der Waals surface area contributed by atoms with Crippen molar-refractivity contribution in [2.75, 3.05) is 0 Å². The first-order valence-corrected chi connectivity index (χ1v) is 7.22. The highest BCUT2D eigenvalue weighted by Gasteiger charge is 2.05. The van der Waals surface area contributed by atoms with Gasteiger partial charge in [0.15, 0.2) is 0 Å². The van der Waals surface area contributed by atoms with Gasteiger partial charge in [0, 0.05) is 25.7 Å². The molecule has 0 saturated heterocycles. The summed E-state index contributed by atoms with van der Waals surface area (Å²) in [7, 11) is 0. The van der Waals surface area contributed by atoms with Crippen molar-refractivity contribution in [3.63, 3.8) is 0 Å². The monoisotopic (exact) mass is 318 g/mol. The maximum atomic E-state index is 10.9. The van der Waals surface area contributed by atoms with Crippen LogP contribution in [0.3, 0.4) is 0 Å². The highest BCUT2D eigenvalue weighted by Crippen LogP contribution is 2.00. The van der Waals surface area contributed by atoms with Gasteiger partial charge in [0.05, 0.1) is 6.10 Å². The third-order valence-corrected chi connectivity index (χ3v) is 2.16. The van der Waals surface area contributed by atoms with Crippen molar-refractivity contribution in [2.24, 2.45) is 0 Å². The van der Waals surface area contributed by atoms with Crippen LogP contribution in [0.2, 0.25) is 0 Å². The minimum absolute atomic E-state index is 0.0521. The van der Waals surface area contributed by atoms with Crippen molar-refractivity contribution < 1.29 is 34.1 Å². The number of hydrogen-bond donors (Lipinski definition) is 1. The summed E-state index contributed by atoms with van der Waals surface area (Å²) in [6.45, 7) is 6.49. The molecule has 128 valence electrons. The molecule has 0 aliphatic heterocycles. The van der Waals surface area contributed by atoms with E-state index in [1.807, 2.05) is 0 Å². The van der Waals surface area contributed by atoms with Crippen molar-refractivity contribution in [1.29, 1.82) is 0 Å². The lowest BCUT2D eigenvalue weighted by molar-refractivity contribution is -0.291. The Morgan fingerprint density at radius 2 is 1.32 bits per heavy atom. The molecule has 0 unspecified atom stereocenters. The van der Waals surface area contributed by atoms with E-state index in [2.05, 4.69) is 9.78 Å². The van der Waals surface area contributed by atoms with Crippen molar-refractivity contribution >= 4 is 23.5 Å². The van der Waals surface area contributed by atoms with Gasteiger partial charge in [-0.15, -0.1) is 0 Å². The van der Waals surface area contributed by atoms with Crippen LogP contribution in [0.25, 0.3) is 0 Å². The number of carbonyl (C=O) groups excluding carboxylic acids is 3. The summed E-state index contributed by atoms with van der Waals surface area (Å²) in [5, 5.41) is 8.12. The second-order valence-corrected chi connectivity index (χ2v) is 5.11. The predicted molar refractivity (Wildman–Crippen MR) is 79.0 cm³/mol. The largest absolute Gasteiger partial charge is 0.481 e. The minimum Gasteiger partial charge on any atom is -0.481 e. The van der Waals surface area contributed by atoms with Crippen molar-refractivity contribution in [1.82, 2.24) is 0 Å². The second kappa shape index (κ2) is 14.2. The molecule has 0 fully saturated rings. The highest BCUT2D eigenvalue weighted by molar-refractivity contribution is 5.76. The number of Topliss-reactive ketones (excluding diaryl/α,β-unsaturated/α-hetero) is 2. The van der Waals surface area contributed by atoms with Gasteiger partial charge in [0.25, 0.3) is 0 Å². The molecule has 0 amide bonds. The average Bonchev–Trinajstić information content (AvgIpc) is 2.35. The molecule has 22 heavy (non-hydrogen) atoms. The van der Waals surface area contributed by atoms with E-state index in [-0.39, 0.29) is 30.5 Å². The number of carbonyl (C=O) groups is 4. The number of carboxylic acids is 1. The Kier molecular flexibility index (Phi) is 14.5. The zero-order valence-electron chi connectivity index (χ0n) is 13.7. The molecule has 0 aromatic rings. The zero-order valence-corrected chi connectivity index (χ0v) is 13.7. The molecule has 0 aliphatic carbocycles. The Hall–Kier alpha value is -1.76. The topological polar surface area (TPSA) is 107 Å². The first-order chi connectivity index (χ1) is 10.1. The van der Waals surface area contributed by atoms with Crippen molar-refractivity contribution in [2.45, 2.75) is 72.3 Å². The molecular formula is C15H26O7. The molecule has 7 heteroatoms. The summed E-state index contributed by atoms with van der Waals surface area (Å²) >= 11 is 0. The van der Waals surface area contributed by atoms with Crippen LogP contribution in [0.1, 0.15) is 66.2 Å². The third kappa shape index (κ3) is 23.3. The first-order valence-electron chi connectivity index (χ1n) is 7.22. The SMILES string of the molecule is CC(=O)CCCC(=O)O.CC(=O)CCCC(=O)OOC(C)C. The fourth-order valence-corrected chi connectivity index (χ4v) is 1.16. The van der Waals surface area contributed by atoms with Crippen molar-refractivity contribution in [3.05, 3.63) is 0 Å². The van der Waals surface area contributed by atoms with Crippen LogP contribution in [0.4, 0.5) is 0 Å². The van der Waals surface area contributed by atoms with Gasteiger partial charge in [-0.05, 0) is 40.5 Å². The van der Waals surface area contributed by atoms with Crippen LogP contribution < -0.4 is 0 Å². The Bertz CT molecular complexity index is 347. The number of hydrogen-bond acceptors (Lipinski definition) is 6. The molecule has 0 saturated carbocycles. The molecule has 7 nitrogen and oxygen atoms in total. The van der Waals surface area contributed by atoms with Crippen LogP contribution >= 0.6 is 0 Å². The Morgan fingerprint density at radius 1 is 0.864 bits per heavy atom. The summed E-state index contributed by atoms with van der Waals surface area (Å²) in [5.41, 5.74) is 0. The van der Waals surface area contributed by atoms with E-state index in [1.54, 1.807) is 13.8 Å². The minimum atomic E-state index is -0.837. The van der Waals surface area contributed by atoms with E-state index in [1.165, 1.54) is 13.8 Å². The van der Waals surface area contributed by atoms with Crippen LogP contribution in [0.5, 0.6) is 0 Å². The van der Waals surface area contributed by atoms with E-state index >= 15 is 0 Å². The van der Waals surface area contributed by atoms with Gasteiger partial charge in [-0.2, -0.15) is 4.89 Å². The van der Waals surface area contributed by atoms with E-state index in [9.17, 15) is 19.2 Å². The van der Waals surface area contributed by atoms with Gasteiger partial charge >= 0.3 is 11.9 Å². The molecule has 0 aromatic heterocycles. The molecule has 0 rings (SSSR count). The fourth-order valence-electron chi connectivity index (χ4n) is 1.16. The van der Waals surface area contributed by atoms with E-state index < -0.39 is 11.9 Å². The van der Waals surface area contributed by atoms with Gasteiger partial charge in [0.2, 0.25) is 0 Å². The summed E-state index contributed by atoms with van der Waals surface area (Å²) in [6, 6.07) is 0. The lowest BCUT2D eigenvalue weighted by atomic mass is 10.2. The maximum absolute atomic E-state index is 10.9. The molecule has 0 atom stereocenters. The molecule has 0 heterocycles. The van der Waals surface area contributed by atoms with Crippen LogP contribution in [0, 0.1) is 0 Å². The fraction of sp³-hybridized carbons (Fsp3) is 0.733. The molecule has 0 radical (unpaired) electrons. The molecule has 0 aliphatic rings. The number of ketones is 2. The van der Waals surface area contributed by atoms with Crippen LogP contribution in [-0.2, 0) is 29.0 Å². The Labute approximate surface area is 130 Å². The van der Waals surface area contributed by atoms with E-state index in [4.69, 9.17) is 5.11 Å². The van der Waals surface area contributed by atoms with E-state index in [0.29, 0.717) is 25.7 Å². The van der Waals surface area contributed by atoms with Gasteiger partial charge < -0.3 is 14.7 Å². The smallest absolute Gasteiger partial charge is 0.342 e. The van der Waals surface area contributed by atoms with Crippen LogP contribution in [-0.4, -0.2) is 34.7 Å². The summed E-state index contributed by atoms with van der Waals surface area (Å²) in [4.78, 5) is 50.5. The van der Waals surface area contributed by atoms with Gasteiger partial charge in [-0.1, -0.05) is 0 Å². The molecular weight excluding hydrogens is 292 g/mol. The molecule has 0 spiro atoms. The lowest BCUT2D eigenvalue weighted by Crippen LogP contribution is -2.10. The Morgan fingerprint density at radius 3 is 1.68 bits per heavy atom. The van der Waals surface area contributed by atoms with Crippen LogP contribution in [0.15, 0.2) is 0 Å². The average molecular weight is 318 g/mol. The maximum Gasteiger partial charge on any atom is 0.342 e. The highest BCUT2D eigenvalue weighted by atomic mass is 17.2. The number of carboxylic acid groups (broad SMARTS) is 1. The third-order valence-electron chi connectivity index (χ3n) is 2.16.